The summed E-state index contributed by atoms with van der Waals surface area (Å²) >= 11 is 0. The fraction of sp³-hybridized carbons (Fsp3) is 0.421. The standard InChI is InChI=1S/C19H22N6O2/c1-3-15(25-6-9-26-10-7-25)4-2-14(1)21-19-17-16(11-20-24-17)22-18(23-19)13-5-8-27-12-13/h1-4,11,13H,5-10,12H2,(H,20,24)(H,21,22,23). The molecule has 1 unspecified atom stereocenters. The van der Waals surface area contributed by atoms with Crippen molar-refractivity contribution in [3.63, 3.8) is 0 Å². The molecule has 2 aromatic heterocycles. The molecule has 2 aliphatic heterocycles. The van der Waals surface area contributed by atoms with E-state index in [-0.39, 0.29) is 5.92 Å². The number of morpholine rings is 1. The van der Waals surface area contributed by atoms with Gasteiger partial charge in [0.25, 0.3) is 0 Å². The molecule has 1 aromatic carbocycles. The Morgan fingerprint density at radius 3 is 2.67 bits per heavy atom. The van der Waals surface area contributed by atoms with Crippen LogP contribution in [0.4, 0.5) is 17.2 Å². The summed E-state index contributed by atoms with van der Waals surface area (Å²) in [5, 5.41) is 10.5. The highest BCUT2D eigenvalue weighted by Crippen LogP contribution is 2.28. The van der Waals surface area contributed by atoms with Crippen LogP contribution in [0.1, 0.15) is 18.2 Å². The lowest BCUT2D eigenvalue weighted by Gasteiger charge is -2.28. The Kier molecular flexibility index (Phi) is 4.35. The van der Waals surface area contributed by atoms with Crippen LogP contribution in [0.15, 0.2) is 30.5 Å². The van der Waals surface area contributed by atoms with E-state index in [1.807, 2.05) is 0 Å². The van der Waals surface area contributed by atoms with E-state index in [0.717, 1.165) is 67.7 Å². The largest absolute Gasteiger partial charge is 0.381 e. The van der Waals surface area contributed by atoms with Crippen molar-refractivity contribution >= 4 is 28.2 Å². The van der Waals surface area contributed by atoms with Crippen LogP contribution in [0.3, 0.4) is 0 Å². The molecule has 2 N–H and O–H groups in total. The summed E-state index contributed by atoms with van der Waals surface area (Å²) < 4.78 is 10.9. The van der Waals surface area contributed by atoms with Gasteiger partial charge in [-0.1, -0.05) is 0 Å². The molecule has 0 bridgehead atoms. The van der Waals surface area contributed by atoms with Gasteiger partial charge in [0.15, 0.2) is 5.82 Å². The fourth-order valence-electron chi connectivity index (χ4n) is 3.58. The van der Waals surface area contributed by atoms with Gasteiger partial charge in [0.1, 0.15) is 16.9 Å². The van der Waals surface area contributed by atoms with Crippen LogP contribution in [0.2, 0.25) is 0 Å². The summed E-state index contributed by atoms with van der Waals surface area (Å²) in [6.07, 6.45) is 2.69. The number of nitrogens with zero attached hydrogens (tertiary/aromatic N) is 4. The molecule has 3 aromatic rings. The molecule has 1 atom stereocenters. The molecule has 0 amide bonds. The van der Waals surface area contributed by atoms with Crippen LogP contribution in [-0.4, -0.2) is 59.7 Å². The Morgan fingerprint density at radius 1 is 1.04 bits per heavy atom. The summed E-state index contributed by atoms with van der Waals surface area (Å²) in [6, 6.07) is 8.41. The Hall–Kier alpha value is -2.71. The minimum Gasteiger partial charge on any atom is -0.381 e. The summed E-state index contributed by atoms with van der Waals surface area (Å²) in [7, 11) is 0. The van der Waals surface area contributed by atoms with Gasteiger partial charge < -0.3 is 19.7 Å². The number of ether oxygens (including phenoxy) is 2. The molecule has 5 rings (SSSR count). The topological polar surface area (TPSA) is 88.2 Å². The van der Waals surface area contributed by atoms with Crippen molar-refractivity contribution in [1.82, 2.24) is 20.2 Å². The number of benzene rings is 1. The van der Waals surface area contributed by atoms with E-state index >= 15 is 0 Å². The van der Waals surface area contributed by atoms with E-state index in [4.69, 9.17) is 14.5 Å². The van der Waals surface area contributed by atoms with Gasteiger partial charge in [0.05, 0.1) is 26.0 Å². The van der Waals surface area contributed by atoms with Crippen molar-refractivity contribution in [2.45, 2.75) is 12.3 Å². The van der Waals surface area contributed by atoms with E-state index in [0.29, 0.717) is 6.61 Å². The number of aromatic nitrogens is 4. The molecule has 0 aliphatic carbocycles. The Morgan fingerprint density at radius 2 is 1.89 bits per heavy atom. The van der Waals surface area contributed by atoms with Crippen molar-refractivity contribution in [2.75, 3.05) is 49.7 Å². The zero-order valence-corrected chi connectivity index (χ0v) is 15.0. The second-order valence-corrected chi connectivity index (χ2v) is 6.89. The predicted molar refractivity (Wildman–Crippen MR) is 103 cm³/mol. The minimum atomic E-state index is 0.244. The van der Waals surface area contributed by atoms with E-state index < -0.39 is 0 Å². The van der Waals surface area contributed by atoms with Crippen molar-refractivity contribution < 1.29 is 9.47 Å². The third-order valence-corrected chi connectivity index (χ3v) is 5.12. The maximum Gasteiger partial charge on any atom is 0.160 e. The highest BCUT2D eigenvalue weighted by Gasteiger charge is 2.22. The third kappa shape index (κ3) is 3.33. The average molecular weight is 366 g/mol. The molecule has 4 heterocycles. The first-order valence-corrected chi connectivity index (χ1v) is 9.35. The molecule has 8 nitrogen and oxygen atoms in total. The minimum absolute atomic E-state index is 0.244. The number of hydrogen-bond donors (Lipinski definition) is 2. The molecule has 2 saturated heterocycles. The SMILES string of the molecule is c1cc(N2CCOCC2)ccc1Nc1nc(C2CCOC2)nc2cn[nH]c12. The normalized spacial score (nSPS) is 20.3. The van der Waals surface area contributed by atoms with Crippen molar-refractivity contribution in [1.29, 1.82) is 0 Å². The first kappa shape index (κ1) is 16.5. The summed E-state index contributed by atoms with van der Waals surface area (Å²) in [5.41, 5.74) is 3.83. The fourth-order valence-corrected chi connectivity index (χ4v) is 3.58. The van der Waals surface area contributed by atoms with Gasteiger partial charge in [-0.3, -0.25) is 5.10 Å². The van der Waals surface area contributed by atoms with Gasteiger partial charge in [-0.05, 0) is 30.7 Å². The molecule has 2 aliphatic rings. The smallest absolute Gasteiger partial charge is 0.160 e. The van der Waals surface area contributed by atoms with E-state index in [1.54, 1.807) is 6.20 Å². The number of nitrogens with one attached hydrogen (secondary N) is 2. The first-order chi connectivity index (χ1) is 13.4. The van der Waals surface area contributed by atoms with Gasteiger partial charge in [-0.25, -0.2) is 9.97 Å². The average Bonchev–Trinajstić information content (AvgIpc) is 3.41. The maximum atomic E-state index is 5.50. The van der Waals surface area contributed by atoms with Crippen LogP contribution in [-0.2, 0) is 9.47 Å². The number of anilines is 3. The number of rotatable bonds is 4. The predicted octanol–water partition coefficient (Wildman–Crippen LogP) is 2.44. The zero-order valence-electron chi connectivity index (χ0n) is 15.0. The molecule has 0 saturated carbocycles. The van der Waals surface area contributed by atoms with Gasteiger partial charge in [-0.15, -0.1) is 0 Å². The van der Waals surface area contributed by atoms with E-state index in [1.165, 1.54) is 5.69 Å². The molecule has 8 heteroatoms. The van der Waals surface area contributed by atoms with Gasteiger partial charge >= 0.3 is 0 Å². The Labute approximate surface area is 156 Å². The molecular formula is C19H22N6O2. The molecular weight excluding hydrogens is 344 g/mol. The van der Waals surface area contributed by atoms with Gasteiger partial charge in [0.2, 0.25) is 0 Å². The third-order valence-electron chi connectivity index (χ3n) is 5.12. The number of fused-ring (bicyclic) bond motifs is 1. The summed E-state index contributed by atoms with van der Waals surface area (Å²) in [5.74, 6) is 1.81. The zero-order chi connectivity index (χ0) is 18.1. The van der Waals surface area contributed by atoms with E-state index in [9.17, 15) is 0 Å². The van der Waals surface area contributed by atoms with Crippen LogP contribution in [0, 0.1) is 0 Å². The lowest BCUT2D eigenvalue weighted by molar-refractivity contribution is 0.122. The second-order valence-electron chi connectivity index (χ2n) is 6.89. The number of aromatic amines is 1. The van der Waals surface area contributed by atoms with Crippen LogP contribution >= 0.6 is 0 Å². The lowest BCUT2D eigenvalue weighted by Crippen LogP contribution is -2.36. The van der Waals surface area contributed by atoms with Gasteiger partial charge in [-0.2, -0.15) is 5.10 Å². The highest BCUT2D eigenvalue weighted by atomic mass is 16.5. The van der Waals surface area contributed by atoms with E-state index in [2.05, 4.69) is 49.7 Å². The Balaban J connectivity index is 1.41. The molecule has 0 radical (unpaired) electrons. The number of H-pyrrole nitrogens is 1. The molecule has 0 spiro atoms. The van der Waals surface area contributed by atoms with Crippen LogP contribution in [0.25, 0.3) is 11.0 Å². The number of hydrogen-bond acceptors (Lipinski definition) is 7. The molecule has 27 heavy (non-hydrogen) atoms. The lowest BCUT2D eigenvalue weighted by atomic mass is 10.1. The highest BCUT2D eigenvalue weighted by molar-refractivity contribution is 5.86. The van der Waals surface area contributed by atoms with Crippen LogP contribution in [0.5, 0.6) is 0 Å². The molecule has 140 valence electrons. The first-order valence-electron chi connectivity index (χ1n) is 9.35. The second kappa shape index (κ2) is 7.13. The van der Waals surface area contributed by atoms with Crippen molar-refractivity contribution in [2.24, 2.45) is 0 Å². The Bertz CT molecular complexity index is 914. The summed E-state index contributed by atoms with van der Waals surface area (Å²) in [6.45, 7) is 4.87. The molecule has 2 fully saturated rings. The quantitative estimate of drug-likeness (QED) is 0.733. The summed E-state index contributed by atoms with van der Waals surface area (Å²) in [4.78, 5) is 11.8. The van der Waals surface area contributed by atoms with Gasteiger partial charge in [0, 0.05) is 37.0 Å². The van der Waals surface area contributed by atoms with Crippen LogP contribution < -0.4 is 10.2 Å². The maximum absolute atomic E-state index is 5.50. The monoisotopic (exact) mass is 366 g/mol. The van der Waals surface area contributed by atoms with Crippen molar-refractivity contribution in [3.8, 4) is 0 Å². The van der Waals surface area contributed by atoms with Crippen molar-refractivity contribution in [3.05, 3.63) is 36.3 Å².